The van der Waals surface area contributed by atoms with Gasteiger partial charge in [0.2, 0.25) is 0 Å². The monoisotopic (exact) mass is 394 g/mol. The highest BCUT2D eigenvalue weighted by atomic mass is 16.6. The van der Waals surface area contributed by atoms with Gasteiger partial charge in [0, 0.05) is 23.8 Å². The van der Waals surface area contributed by atoms with Crippen LogP contribution in [-0.4, -0.2) is 32.9 Å². The van der Waals surface area contributed by atoms with Crippen LogP contribution >= 0.6 is 0 Å². The number of ether oxygens (including phenoxy) is 1. The van der Waals surface area contributed by atoms with Crippen molar-refractivity contribution in [2.24, 2.45) is 0 Å². The van der Waals surface area contributed by atoms with Gasteiger partial charge in [-0.05, 0) is 25.1 Å². The van der Waals surface area contributed by atoms with Crippen molar-refractivity contribution < 1.29 is 19.4 Å². The lowest BCUT2D eigenvalue weighted by Crippen LogP contribution is -2.11. The molecule has 0 saturated heterocycles. The fourth-order valence-corrected chi connectivity index (χ4v) is 2.81. The van der Waals surface area contributed by atoms with Crippen molar-refractivity contribution in [2.45, 2.75) is 6.92 Å². The van der Waals surface area contributed by atoms with Crippen LogP contribution in [0.3, 0.4) is 0 Å². The number of nitro groups is 2. The first-order chi connectivity index (χ1) is 13.8. The number of rotatable bonds is 5. The Morgan fingerprint density at radius 3 is 2.21 bits per heavy atom. The van der Waals surface area contributed by atoms with Crippen LogP contribution in [0.25, 0.3) is 22.6 Å². The van der Waals surface area contributed by atoms with Crippen molar-refractivity contribution in [1.82, 2.24) is 9.97 Å². The predicted octanol–water partition coefficient (Wildman–Crippen LogP) is 3.72. The molecule has 3 aromatic rings. The molecule has 10 heteroatoms. The van der Waals surface area contributed by atoms with Gasteiger partial charge in [0.25, 0.3) is 11.4 Å². The minimum Gasteiger partial charge on any atom is -0.465 e. The average molecular weight is 394 g/mol. The molecule has 2 aromatic carbocycles. The van der Waals surface area contributed by atoms with E-state index < -0.39 is 15.8 Å². The maximum absolute atomic E-state index is 12.3. The molecule has 29 heavy (non-hydrogen) atoms. The third-order valence-corrected chi connectivity index (χ3v) is 4.17. The van der Waals surface area contributed by atoms with E-state index >= 15 is 0 Å². The van der Waals surface area contributed by atoms with Gasteiger partial charge in [0.15, 0.2) is 5.82 Å². The Labute approximate surface area is 164 Å². The number of esters is 1. The second-order valence-electron chi connectivity index (χ2n) is 5.93. The van der Waals surface area contributed by atoms with Crippen molar-refractivity contribution in [1.29, 1.82) is 0 Å². The molecule has 0 aliphatic carbocycles. The summed E-state index contributed by atoms with van der Waals surface area (Å²) in [7, 11) is 1.21. The highest BCUT2D eigenvalue weighted by Crippen LogP contribution is 2.32. The predicted molar refractivity (Wildman–Crippen MR) is 102 cm³/mol. The summed E-state index contributed by atoms with van der Waals surface area (Å²) >= 11 is 0. The summed E-state index contributed by atoms with van der Waals surface area (Å²) in [5, 5.41) is 22.3. The minimum atomic E-state index is -0.690. The summed E-state index contributed by atoms with van der Waals surface area (Å²) in [5.41, 5.74) is 0.761. The molecular formula is C19H14N4O6. The summed E-state index contributed by atoms with van der Waals surface area (Å²) < 4.78 is 4.81. The number of nitro benzene ring substituents is 2. The van der Waals surface area contributed by atoms with E-state index in [1.165, 1.54) is 49.6 Å². The SMILES string of the molecule is COC(=O)c1c(C)nc(-c2ccccc2[N+](=O)[O-])nc1-c1ccc([N+](=O)[O-])cc1. The standard InChI is InChI=1S/C19H14N4O6/c1-11-16(19(24)29-2)17(12-7-9-13(10-8-12)22(25)26)21-18(20-11)14-5-3-4-6-15(14)23(27)28/h3-10H,1-2H3. The number of carbonyl (C=O) groups is 1. The van der Waals surface area contributed by atoms with Crippen LogP contribution in [0.4, 0.5) is 11.4 Å². The van der Waals surface area contributed by atoms with E-state index in [1.807, 2.05) is 0 Å². The van der Waals surface area contributed by atoms with Crippen LogP contribution in [0.15, 0.2) is 48.5 Å². The topological polar surface area (TPSA) is 138 Å². The Balaban J connectivity index is 2.27. The van der Waals surface area contributed by atoms with Gasteiger partial charge < -0.3 is 4.74 Å². The Kier molecular flexibility index (Phi) is 5.26. The molecule has 0 aliphatic rings. The van der Waals surface area contributed by atoms with Gasteiger partial charge in [-0.3, -0.25) is 20.2 Å². The molecule has 10 nitrogen and oxygen atoms in total. The number of hydrogen-bond donors (Lipinski definition) is 0. The van der Waals surface area contributed by atoms with Gasteiger partial charge in [-0.15, -0.1) is 0 Å². The number of hydrogen-bond acceptors (Lipinski definition) is 8. The molecule has 0 aliphatic heterocycles. The molecule has 0 radical (unpaired) electrons. The summed E-state index contributed by atoms with van der Waals surface area (Å²) in [4.78, 5) is 42.1. The molecular weight excluding hydrogens is 380 g/mol. The molecule has 0 unspecified atom stereocenters. The Morgan fingerprint density at radius 2 is 1.62 bits per heavy atom. The van der Waals surface area contributed by atoms with Crippen molar-refractivity contribution in [3.05, 3.63) is 80.0 Å². The normalized spacial score (nSPS) is 10.4. The molecule has 1 heterocycles. The maximum Gasteiger partial charge on any atom is 0.341 e. The quantitative estimate of drug-likeness (QED) is 0.362. The first-order valence-corrected chi connectivity index (χ1v) is 8.29. The van der Waals surface area contributed by atoms with Gasteiger partial charge in [-0.25, -0.2) is 14.8 Å². The van der Waals surface area contributed by atoms with E-state index in [0.717, 1.165) is 0 Å². The van der Waals surface area contributed by atoms with E-state index in [9.17, 15) is 25.0 Å². The van der Waals surface area contributed by atoms with Gasteiger partial charge in [-0.2, -0.15) is 0 Å². The van der Waals surface area contributed by atoms with Crippen molar-refractivity contribution >= 4 is 17.3 Å². The number of benzene rings is 2. The third-order valence-electron chi connectivity index (χ3n) is 4.17. The third kappa shape index (κ3) is 3.76. The molecule has 0 saturated carbocycles. The van der Waals surface area contributed by atoms with Gasteiger partial charge in [0.1, 0.15) is 5.56 Å². The van der Waals surface area contributed by atoms with Crippen LogP contribution in [0, 0.1) is 27.2 Å². The number of nitrogens with zero attached hydrogens (tertiary/aromatic N) is 4. The first kappa shape index (κ1) is 19.5. The van der Waals surface area contributed by atoms with Crippen LogP contribution in [0.1, 0.15) is 16.1 Å². The fourth-order valence-electron chi connectivity index (χ4n) is 2.81. The Hall–Kier alpha value is -4.21. The number of methoxy groups -OCH3 is 1. The van der Waals surface area contributed by atoms with Crippen LogP contribution in [0.2, 0.25) is 0 Å². The minimum absolute atomic E-state index is 0.0517. The average Bonchev–Trinajstić information content (AvgIpc) is 2.72. The highest BCUT2D eigenvalue weighted by molar-refractivity contribution is 5.97. The van der Waals surface area contributed by atoms with Crippen molar-refractivity contribution in [3.8, 4) is 22.6 Å². The van der Waals surface area contributed by atoms with Crippen molar-refractivity contribution in [2.75, 3.05) is 7.11 Å². The number of aromatic nitrogens is 2. The number of aryl methyl sites for hydroxylation is 1. The molecule has 0 N–H and O–H groups in total. The van der Waals surface area contributed by atoms with E-state index in [1.54, 1.807) is 13.0 Å². The molecule has 0 bridgehead atoms. The number of para-hydroxylation sites is 1. The Morgan fingerprint density at radius 1 is 0.966 bits per heavy atom. The first-order valence-electron chi connectivity index (χ1n) is 8.29. The summed E-state index contributed by atoms with van der Waals surface area (Å²) in [6, 6.07) is 11.4. The molecule has 3 rings (SSSR count). The second-order valence-corrected chi connectivity index (χ2v) is 5.93. The highest BCUT2D eigenvalue weighted by Gasteiger charge is 2.24. The second kappa shape index (κ2) is 7.80. The van der Waals surface area contributed by atoms with Crippen LogP contribution < -0.4 is 0 Å². The van der Waals surface area contributed by atoms with Crippen LogP contribution in [0.5, 0.6) is 0 Å². The summed E-state index contributed by atoms with van der Waals surface area (Å²) in [6.07, 6.45) is 0. The molecule has 0 spiro atoms. The van der Waals surface area contributed by atoms with E-state index in [2.05, 4.69) is 9.97 Å². The zero-order valence-corrected chi connectivity index (χ0v) is 15.4. The zero-order valence-electron chi connectivity index (χ0n) is 15.4. The number of non-ortho nitro benzene ring substituents is 1. The fraction of sp³-hybridized carbons (Fsp3) is 0.105. The molecule has 0 amide bonds. The van der Waals surface area contributed by atoms with E-state index in [0.29, 0.717) is 5.56 Å². The molecule has 0 fully saturated rings. The molecule has 1 aromatic heterocycles. The smallest absolute Gasteiger partial charge is 0.341 e. The Bertz CT molecular complexity index is 1130. The molecule has 0 atom stereocenters. The molecule has 146 valence electrons. The summed E-state index contributed by atoms with van der Waals surface area (Å²) in [6.45, 7) is 1.56. The summed E-state index contributed by atoms with van der Waals surface area (Å²) in [5.74, 6) is -0.638. The lowest BCUT2D eigenvalue weighted by atomic mass is 10.0. The van der Waals surface area contributed by atoms with Crippen LogP contribution in [-0.2, 0) is 4.74 Å². The van der Waals surface area contributed by atoms with Crippen molar-refractivity contribution in [3.63, 3.8) is 0 Å². The van der Waals surface area contributed by atoms with E-state index in [-0.39, 0.29) is 39.7 Å². The lowest BCUT2D eigenvalue weighted by molar-refractivity contribution is -0.384. The van der Waals surface area contributed by atoms with E-state index in [4.69, 9.17) is 4.74 Å². The van der Waals surface area contributed by atoms with Gasteiger partial charge in [-0.1, -0.05) is 12.1 Å². The van der Waals surface area contributed by atoms with Gasteiger partial charge in [0.05, 0.1) is 33.9 Å². The van der Waals surface area contributed by atoms with Gasteiger partial charge >= 0.3 is 5.97 Å². The zero-order chi connectivity index (χ0) is 21.1. The maximum atomic E-state index is 12.3. The lowest BCUT2D eigenvalue weighted by Gasteiger charge is -2.12. The number of carbonyl (C=O) groups excluding carboxylic acids is 1. The largest absolute Gasteiger partial charge is 0.465 e.